The first-order chi connectivity index (χ1) is 7.07. The van der Waals surface area contributed by atoms with Gasteiger partial charge in [0.1, 0.15) is 6.61 Å². The maximum atomic E-state index is 11.1. The van der Waals surface area contributed by atoms with Crippen LogP contribution in [0.25, 0.3) is 0 Å². The third-order valence-electron chi connectivity index (χ3n) is 1.46. The molecule has 0 radical (unpaired) electrons. The Morgan fingerprint density at radius 2 is 1.87 bits per heavy atom. The highest BCUT2D eigenvalue weighted by molar-refractivity contribution is 5.88. The van der Waals surface area contributed by atoms with Gasteiger partial charge in [0, 0.05) is 12.5 Å². The standard InChI is InChI=1S/C11H16O4/c1-4-14-11(13)9(2)7-5-6-8-15-10(3)12/h5-7H,4,8H2,1-3H3/b6-5+,9-7+. The van der Waals surface area contributed by atoms with Crippen molar-refractivity contribution in [3.8, 4) is 0 Å². The Morgan fingerprint density at radius 3 is 2.40 bits per heavy atom. The maximum Gasteiger partial charge on any atom is 0.333 e. The van der Waals surface area contributed by atoms with Crippen molar-refractivity contribution in [3.63, 3.8) is 0 Å². The predicted octanol–water partition coefficient (Wildman–Crippen LogP) is 1.62. The van der Waals surface area contributed by atoms with Crippen LogP contribution >= 0.6 is 0 Å². The highest BCUT2D eigenvalue weighted by atomic mass is 16.5. The quantitative estimate of drug-likeness (QED) is 0.394. The number of ether oxygens (including phenoxy) is 2. The smallest absolute Gasteiger partial charge is 0.333 e. The Kier molecular flexibility index (Phi) is 6.97. The van der Waals surface area contributed by atoms with Gasteiger partial charge in [0.25, 0.3) is 0 Å². The van der Waals surface area contributed by atoms with Gasteiger partial charge in [-0.25, -0.2) is 4.79 Å². The number of hydrogen-bond acceptors (Lipinski definition) is 4. The highest BCUT2D eigenvalue weighted by Crippen LogP contribution is 1.96. The van der Waals surface area contributed by atoms with Crippen LogP contribution in [0.3, 0.4) is 0 Å². The van der Waals surface area contributed by atoms with Gasteiger partial charge in [0.2, 0.25) is 0 Å². The molecule has 0 N–H and O–H groups in total. The predicted molar refractivity (Wildman–Crippen MR) is 56.2 cm³/mol. The summed E-state index contributed by atoms with van der Waals surface area (Å²) in [5, 5.41) is 0. The van der Waals surface area contributed by atoms with Gasteiger partial charge in [-0.1, -0.05) is 12.2 Å². The summed E-state index contributed by atoms with van der Waals surface area (Å²) in [6, 6.07) is 0. The molecule has 0 rings (SSSR count). The van der Waals surface area contributed by atoms with Crippen LogP contribution in [0.4, 0.5) is 0 Å². The van der Waals surface area contributed by atoms with Crippen LogP contribution in [0.1, 0.15) is 20.8 Å². The van der Waals surface area contributed by atoms with Crippen LogP contribution in [0.2, 0.25) is 0 Å². The minimum absolute atomic E-state index is 0.210. The Hall–Kier alpha value is -1.58. The minimum atomic E-state index is -0.338. The molecule has 0 aliphatic carbocycles. The largest absolute Gasteiger partial charge is 0.463 e. The van der Waals surface area contributed by atoms with E-state index in [1.807, 2.05) is 0 Å². The minimum Gasteiger partial charge on any atom is -0.463 e. The molecule has 0 spiro atoms. The number of esters is 2. The molecule has 0 aliphatic heterocycles. The first-order valence-corrected chi connectivity index (χ1v) is 4.71. The SMILES string of the molecule is CCOC(=O)/C(C)=C/C=C/COC(C)=O. The van der Waals surface area contributed by atoms with Gasteiger partial charge >= 0.3 is 11.9 Å². The summed E-state index contributed by atoms with van der Waals surface area (Å²) in [5.41, 5.74) is 0.510. The lowest BCUT2D eigenvalue weighted by molar-refractivity contribution is -0.140. The van der Waals surface area contributed by atoms with Crippen LogP contribution in [0.5, 0.6) is 0 Å². The van der Waals surface area contributed by atoms with Crippen molar-refractivity contribution in [2.24, 2.45) is 0 Å². The van der Waals surface area contributed by atoms with Crippen molar-refractivity contribution in [3.05, 3.63) is 23.8 Å². The molecule has 4 heteroatoms. The number of hydrogen-bond donors (Lipinski definition) is 0. The summed E-state index contributed by atoms with van der Waals surface area (Å²) in [4.78, 5) is 21.5. The van der Waals surface area contributed by atoms with Crippen molar-refractivity contribution in [1.29, 1.82) is 0 Å². The van der Waals surface area contributed by atoms with Gasteiger partial charge in [-0.15, -0.1) is 0 Å². The van der Waals surface area contributed by atoms with E-state index in [0.29, 0.717) is 12.2 Å². The molecule has 0 unspecified atom stereocenters. The van der Waals surface area contributed by atoms with E-state index in [4.69, 9.17) is 4.74 Å². The Bertz CT molecular complexity index is 276. The first-order valence-electron chi connectivity index (χ1n) is 4.71. The summed E-state index contributed by atoms with van der Waals surface area (Å²) in [7, 11) is 0. The molecule has 84 valence electrons. The van der Waals surface area contributed by atoms with E-state index in [1.165, 1.54) is 6.92 Å². The van der Waals surface area contributed by atoms with E-state index < -0.39 is 0 Å². The number of rotatable bonds is 5. The van der Waals surface area contributed by atoms with Crippen molar-refractivity contribution < 1.29 is 19.1 Å². The summed E-state index contributed by atoms with van der Waals surface area (Å²) in [5.74, 6) is -0.666. The van der Waals surface area contributed by atoms with Gasteiger partial charge < -0.3 is 9.47 Å². The third kappa shape index (κ3) is 7.49. The lowest BCUT2D eigenvalue weighted by Gasteiger charge is -1.99. The molecule has 0 atom stereocenters. The summed E-state index contributed by atoms with van der Waals surface area (Å²) < 4.78 is 9.43. The molecular weight excluding hydrogens is 196 g/mol. The zero-order chi connectivity index (χ0) is 11.7. The second-order valence-electron chi connectivity index (χ2n) is 2.80. The fourth-order valence-corrected chi connectivity index (χ4v) is 0.746. The van der Waals surface area contributed by atoms with Crippen LogP contribution < -0.4 is 0 Å². The van der Waals surface area contributed by atoms with E-state index in [1.54, 1.807) is 32.1 Å². The molecule has 0 fully saturated rings. The molecule has 4 nitrogen and oxygen atoms in total. The maximum absolute atomic E-state index is 11.1. The summed E-state index contributed by atoms with van der Waals surface area (Å²) in [6.07, 6.45) is 4.90. The van der Waals surface area contributed by atoms with E-state index >= 15 is 0 Å². The average Bonchev–Trinajstić information content (AvgIpc) is 2.16. The van der Waals surface area contributed by atoms with Crippen molar-refractivity contribution in [1.82, 2.24) is 0 Å². The Balaban J connectivity index is 3.93. The summed E-state index contributed by atoms with van der Waals surface area (Å²) in [6.45, 7) is 5.33. The van der Waals surface area contributed by atoms with Gasteiger partial charge in [0.05, 0.1) is 6.61 Å². The molecule has 0 aromatic carbocycles. The lowest BCUT2D eigenvalue weighted by atomic mass is 10.3. The van der Waals surface area contributed by atoms with Crippen molar-refractivity contribution in [2.75, 3.05) is 13.2 Å². The second kappa shape index (κ2) is 7.79. The van der Waals surface area contributed by atoms with E-state index in [0.717, 1.165) is 0 Å². The number of allylic oxidation sites excluding steroid dienone is 2. The molecule has 15 heavy (non-hydrogen) atoms. The molecule has 0 aromatic rings. The Labute approximate surface area is 89.6 Å². The van der Waals surface area contributed by atoms with Gasteiger partial charge in [-0.05, 0) is 19.9 Å². The van der Waals surface area contributed by atoms with Crippen LogP contribution in [0.15, 0.2) is 23.8 Å². The fourth-order valence-electron chi connectivity index (χ4n) is 0.746. The fraction of sp³-hybridized carbons (Fsp3) is 0.455. The monoisotopic (exact) mass is 212 g/mol. The zero-order valence-electron chi connectivity index (χ0n) is 9.28. The molecule has 0 saturated carbocycles. The molecular formula is C11H16O4. The molecule has 0 aliphatic rings. The number of carbonyl (C=O) groups excluding carboxylic acids is 2. The van der Waals surface area contributed by atoms with Crippen LogP contribution in [0, 0.1) is 0 Å². The average molecular weight is 212 g/mol. The highest BCUT2D eigenvalue weighted by Gasteiger charge is 2.01. The Morgan fingerprint density at radius 1 is 1.20 bits per heavy atom. The molecule has 0 amide bonds. The first kappa shape index (κ1) is 13.4. The topological polar surface area (TPSA) is 52.6 Å². The van der Waals surface area contributed by atoms with Crippen LogP contribution in [-0.2, 0) is 19.1 Å². The van der Waals surface area contributed by atoms with Crippen molar-refractivity contribution >= 4 is 11.9 Å². The molecule has 0 heterocycles. The lowest BCUT2D eigenvalue weighted by Crippen LogP contribution is -2.04. The van der Waals surface area contributed by atoms with Crippen molar-refractivity contribution in [2.45, 2.75) is 20.8 Å². The van der Waals surface area contributed by atoms with Gasteiger partial charge in [0.15, 0.2) is 0 Å². The third-order valence-corrected chi connectivity index (χ3v) is 1.46. The van der Waals surface area contributed by atoms with E-state index in [9.17, 15) is 9.59 Å². The second-order valence-corrected chi connectivity index (χ2v) is 2.80. The molecule has 0 saturated heterocycles. The molecule has 0 aromatic heterocycles. The molecule has 0 bridgehead atoms. The van der Waals surface area contributed by atoms with E-state index in [2.05, 4.69) is 4.74 Å². The van der Waals surface area contributed by atoms with Gasteiger partial charge in [-0.3, -0.25) is 4.79 Å². The van der Waals surface area contributed by atoms with Crippen LogP contribution in [-0.4, -0.2) is 25.2 Å². The van der Waals surface area contributed by atoms with E-state index in [-0.39, 0.29) is 18.5 Å². The zero-order valence-corrected chi connectivity index (χ0v) is 9.28. The van der Waals surface area contributed by atoms with Gasteiger partial charge in [-0.2, -0.15) is 0 Å². The number of carbonyl (C=O) groups is 2. The normalized spacial score (nSPS) is 11.5. The summed E-state index contributed by atoms with van der Waals surface area (Å²) >= 11 is 0.